The van der Waals surface area contributed by atoms with Gasteiger partial charge in [0.25, 0.3) is 0 Å². The number of thiazole rings is 1. The van der Waals surface area contributed by atoms with E-state index in [2.05, 4.69) is 40.9 Å². The second-order valence-electron chi connectivity index (χ2n) is 5.21. The van der Waals surface area contributed by atoms with Gasteiger partial charge in [-0.2, -0.15) is 0 Å². The van der Waals surface area contributed by atoms with E-state index in [1.54, 1.807) is 16.2 Å². The fraction of sp³-hybridized carbons (Fsp3) is 0.533. The molecule has 1 aliphatic rings. The van der Waals surface area contributed by atoms with Gasteiger partial charge >= 0.3 is 0 Å². The van der Waals surface area contributed by atoms with Gasteiger partial charge in [0.15, 0.2) is 0 Å². The fourth-order valence-electron chi connectivity index (χ4n) is 2.72. The molecule has 1 unspecified atom stereocenters. The Kier molecular flexibility index (Phi) is 4.51. The fourth-order valence-corrected chi connectivity index (χ4v) is 4.44. The monoisotopic (exact) mass is 307 g/mol. The zero-order valence-corrected chi connectivity index (χ0v) is 13.7. The molecule has 1 atom stereocenters. The Balaban J connectivity index is 1.65. The van der Waals surface area contributed by atoms with Gasteiger partial charge in [-0.15, -0.1) is 22.7 Å². The van der Waals surface area contributed by atoms with Crippen LogP contribution in [0.4, 0.5) is 0 Å². The molecule has 1 aliphatic heterocycles. The molecule has 0 saturated heterocycles. The van der Waals surface area contributed by atoms with Crippen molar-refractivity contribution in [1.29, 1.82) is 0 Å². The van der Waals surface area contributed by atoms with Crippen LogP contribution in [0.25, 0.3) is 0 Å². The van der Waals surface area contributed by atoms with Crippen LogP contribution in [0.15, 0.2) is 16.8 Å². The molecule has 108 valence electrons. The van der Waals surface area contributed by atoms with Crippen LogP contribution in [0.3, 0.4) is 0 Å². The average Bonchev–Trinajstić information content (AvgIpc) is 3.09. The highest BCUT2D eigenvalue weighted by atomic mass is 32.1. The summed E-state index contributed by atoms with van der Waals surface area (Å²) in [6, 6.07) is 2.80. The SMILES string of the molecule is CCNCc1nc(CN2CCc3sccc3C2C)cs1. The smallest absolute Gasteiger partial charge is 0.107 e. The molecule has 0 bridgehead atoms. The van der Waals surface area contributed by atoms with Gasteiger partial charge in [-0.1, -0.05) is 6.92 Å². The minimum Gasteiger partial charge on any atom is -0.311 e. The minimum absolute atomic E-state index is 0.518. The highest BCUT2D eigenvalue weighted by Gasteiger charge is 2.25. The first-order chi connectivity index (χ1) is 9.78. The molecule has 2 aromatic rings. The number of thiophene rings is 1. The van der Waals surface area contributed by atoms with Crippen molar-refractivity contribution in [2.45, 2.75) is 39.4 Å². The van der Waals surface area contributed by atoms with Crippen LogP contribution in [0.5, 0.6) is 0 Å². The third kappa shape index (κ3) is 2.96. The van der Waals surface area contributed by atoms with Gasteiger partial charge < -0.3 is 5.32 Å². The van der Waals surface area contributed by atoms with Crippen LogP contribution < -0.4 is 5.32 Å². The molecule has 3 heterocycles. The number of fused-ring (bicyclic) bond motifs is 1. The maximum absolute atomic E-state index is 4.74. The third-order valence-corrected chi connectivity index (χ3v) is 5.79. The largest absolute Gasteiger partial charge is 0.311 e. The van der Waals surface area contributed by atoms with E-state index in [0.717, 1.165) is 26.2 Å². The predicted molar refractivity (Wildman–Crippen MR) is 86.3 cm³/mol. The number of nitrogens with one attached hydrogen (secondary N) is 1. The Morgan fingerprint density at radius 2 is 2.35 bits per heavy atom. The molecule has 0 fully saturated rings. The number of nitrogens with zero attached hydrogens (tertiary/aromatic N) is 2. The molecule has 0 amide bonds. The first-order valence-electron chi connectivity index (χ1n) is 7.22. The normalized spacial score (nSPS) is 19.2. The van der Waals surface area contributed by atoms with Crippen LogP contribution in [-0.2, 0) is 19.5 Å². The van der Waals surface area contributed by atoms with E-state index >= 15 is 0 Å². The quantitative estimate of drug-likeness (QED) is 0.917. The summed E-state index contributed by atoms with van der Waals surface area (Å²) < 4.78 is 0. The first-order valence-corrected chi connectivity index (χ1v) is 8.98. The van der Waals surface area contributed by atoms with Crippen molar-refractivity contribution in [3.8, 4) is 0 Å². The molecule has 0 radical (unpaired) electrons. The lowest BCUT2D eigenvalue weighted by Crippen LogP contribution is -2.32. The molecule has 0 aromatic carbocycles. The lowest BCUT2D eigenvalue weighted by atomic mass is 10.0. The van der Waals surface area contributed by atoms with Crippen molar-refractivity contribution in [1.82, 2.24) is 15.2 Å². The van der Waals surface area contributed by atoms with Crippen molar-refractivity contribution < 1.29 is 0 Å². The van der Waals surface area contributed by atoms with E-state index in [1.807, 2.05) is 11.3 Å². The summed E-state index contributed by atoms with van der Waals surface area (Å²) in [6.07, 6.45) is 1.19. The third-order valence-electron chi connectivity index (χ3n) is 3.89. The van der Waals surface area contributed by atoms with E-state index < -0.39 is 0 Å². The minimum atomic E-state index is 0.518. The highest BCUT2D eigenvalue weighted by molar-refractivity contribution is 7.10. The van der Waals surface area contributed by atoms with Crippen molar-refractivity contribution >= 4 is 22.7 Å². The molecule has 0 saturated carbocycles. The predicted octanol–water partition coefficient (Wildman–Crippen LogP) is 3.43. The molecule has 0 aliphatic carbocycles. The first kappa shape index (κ1) is 14.2. The molecule has 2 aromatic heterocycles. The summed E-state index contributed by atoms with van der Waals surface area (Å²) in [6.45, 7) is 8.46. The Labute approximate surface area is 128 Å². The number of hydrogen-bond donors (Lipinski definition) is 1. The van der Waals surface area contributed by atoms with Crippen LogP contribution >= 0.6 is 22.7 Å². The van der Waals surface area contributed by atoms with E-state index in [9.17, 15) is 0 Å². The summed E-state index contributed by atoms with van der Waals surface area (Å²) in [5.41, 5.74) is 2.73. The van der Waals surface area contributed by atoms with Gasteiger partial charge in [-0.25, -0.2) is 4.98 Å². The van der Waals surface area contributed by atoms with Crippen LogP contribution in [0.2, 0.25) is 0 Å². The number of rotatable bonds is 5. The maximum Gasteiger partial charge on any atom is 0.107 e. The second kappa shape index (κ2) is 6.35. The zero-order chi connectivity index (χ0) is 13.9. The van der Waals surface area contributed by atoms with Crippen molar-refractivity contribution in [3.63, 3.8) is 0 Å². The zero-order valence-electron chi connectivity index (χ0n) is 12.1. The Hall–Kier alpha value is -0.750. The maximum atomic E-state index is 4.74. The molecule has 20 heavy (non-hydrogen) atoms. The van der Waals surface area contributed by atoms with Crippen LogP contribution in [0, 0.1) is 0 Å². The molecule has 5 heteroatoms. The molecule has 3 rings (SSSR count). The van der Waals surface area contributed by atoms with Crippen LogP contribution in [0.1, 0.15) is 41.0 Å². The van der Waals surface area contributed by atoms with E-state index in [1.165, 1.54) is 22.7 Å². The van der Waals surface area contributed by atoms with Crippen molar-refractivity contribution in [3.05, 3.63) is 38.0 Å². The van der Waals surface area contributed by atoms with E-state index in [0.29, 0.717) is 6.04 Å². The van der Waals surface area contributed by atoms with Gasteiger partial charge in [0.2, 0.25) is 0 Å². The van der Waals surface area contributed by atoms with Crippen LogP contribution in [-0.4, -0.2) is 23.0 Å². The summed E-state index contributed by atoms with van der Waals surface area (Å²) in [7, 11) is 0. The molecule has 3 nitrogen and oxygen atoms in total. The summed E-state index contributed by atoms with van der Waals surface area (Å²) in [4.78, 5) is 8.85. The molecular weight excluding hydrogens is 286 g/mol. The lowest BCUT2D eigenvalue weighted by molar-refractivity contribution is 0.189. The summed E-state index contributed by atoms with van der Waals surface area (Å²) in [5.74, 6) is 0. The standard InChI is InChI=1S/C15H21N3S2/c1-3-16-8-15-17-12(10-20-15)9-18-6-4-14-13(11(18)2)5-7-19-14/h5,7,10-11,16H,3-4,6,8-9H2,1-2H3. The lowest BCUT2D eigenvalue weighted by Gasteiger charge is -2.32. The Morgan fingerprint density at radius 3 is 3.20 bits per heavy atom. The van der Waals surface area contributed by atoms with Gasteiger partial charge in [-0.3, -0.25) is 4.90 Å². The van der Waals surface area contributed by atoms with E-state index in [4.69, 9.17) is 4.98 Å². The van der Waals surface area contributed by atoms with E-state index in [-0.39, 0.29) is 0 Å². The summed E-state index contributed by atoms with van der Waals surface area (Å²) >= 11 is 3.67. The highest BCUT2D eigenvalue weighted by Crippen LogP contribution is 2.33. The van der Waals surface area contributed by atoms with Gasteiger partial charge in [0, 0.05) is 35.9 Å². The van der Waals surface area contributed by atoms with Crippen molar-refractivity contribution in [2.75, 3.05) is 13.1 Å². The van der Waals surface area contributed by atoms with Gasteiger partial charge in [-0.05, 0) is 36.9 Å². The van der Waals surface area contributed by atoms with Gasteiger partial charge in [0.05, 0.1) is 5.69 Å². The van der Waals surface area contributed by atoms with Gasteiger partial charge in [0.1, 0.15) is 5.01 Å². The average molecular weight is 307 g/mol. The number of hydrogen-bond acceptors (Lipinski definition) is 5. The molecule has 0 spiro atoms. The summed E-state index contributed by atoms with van der Waals surface area (Å²) in [5, 5.41) is 8.97. The Morgan fingerprint density at radius 1 is 1.45 bits per heavy atom. The molecular formula is C15H21N3S2. The second-order valence-corrected chi connectivity index (χ2v) is 7.15. The topological polar surface area (TPSA) is 28.2 Å². The number of aromatic nitrogens is 1. The molecule has 1 N–H and O–H groups in total. The van der Waals surface area contributed by atoms with Crippen molar-refractivity contribution in [2.24, 2.45) is 0 Å². The Bertz CT molecular complexity index is 561.